The quantitative estimate of drug-likeness (QED) is 0.662. The molecule has 1 aromatic heterocycles. The van der Waals surface area contributed by atoms with E-state index in [2.05, 4.69) is 10.4 Å². The summed E-state index contributed by atoms with van der Waals surface area (Å²) in [7, 11) is 0. The smallest absolute Gasteiger partial charge is 0.334 e. The van der Waals surface area contributed by atoms with Gasteiger partial charge in [-0.2, -0.15) is 13.2 Å². The minimum Gasteiger partial charge on any atom is -0.334 e. The Morgan fingerprint density at radius 2 is 2.05 bits per heavy atom. The van der Waals surface area contributed by atoms with Gasteiger partial charge in [0.1, 0.15) is 5.82 Å². The molecule has 0 radical (unpaired) electrons. The second kappa shape index (κ2) is 6.13. The minimum atomic E-state index is -4.07. The largest absolute Gasteiger partial charge is 0.391 e. The number of hydrazine groups is 1. The monoisotopic (exact) mass is 290 g/mol. The van der Waals surface area contributed by atoms with E-state index in [1.807, 2.05) is 17.7 Å². The van der Waals surface area contributed by atoms with E-state index in [4.69, 9.17) is 5.84 Å². The maximum absolute atomic E-state index is 12.7. The van der Waals surface area contributed by atoms with E-state index in [1.54, 1.807) is 6.20 Å². The number of alkyl halides is 3. The highest BCUT2D eigenvalue weighted by molar-refractivity contribution is 5.02. The maximum Gasteiger partial charge on any atom is 0.391 e. The first-order valence-corrected chi connectivity index (χ1v) is 7.01. The predicted octanol–water partition coefficient (Wildman–Crippen LogP) is 2.78. The molecular weight excluding hydrogens is 269 g/mol. The van der Waals surface area contributed by atoms with Crippen LogP contribution in [0.15, 0.2) is 12.4 Å². The first-order chi connectivity index (χ1) is 9.47. The Labute approximate surface area is 116 Å². The fourth-order valence-electron chi connectivity index (χ4n) is 3.07. The van der Waals surface area contributed by atoms with Gasteiger partial charge in [0.05, 0.1) is 12.0 Å². The highest BCUT2D eigenvalue weighted by Crippen LogP contribution is 2.42. The van der Waals surface area contributed by atoms with Crippen LogP contribution < -0.4 is 11.3 Å². The molecule has 1 fully saturated rings. The van der Waals surface area contributed by atoms with Crippen molar-refractivity contribution in [1.82, 2.24) is 15.0 Å². The lowest BCUT2D eigenvalue weighted by molar-refractivity contribution is -0.184. The maximum atomic E-state index is 12.7. The molecule has 114 valence electrons. The van der Waals surface area contributed by atoms with Crippen LogP contribution in [0.5, 0.6) is 0 Å². The molecule has 0 aromatic carbocycles. The molecule has 0 bridgehead atoms. The van der Waals surface area contributed by atoms with Gasteiger partial charge in [-0.25, -0.2) is 10.4 Å². The zero-order valence-electron chi connectivity index (χ0n) is 11.5. The number of hydrogen-bond donors (Lipinski definition) is 2. The van der Waals surface area contributed by atoms with Crippen LogP contribution in [-0.4, -0.2) is 15.7 Å². The van der Waals surface area contributed by atoms with E-state index in [9.17, 15) is 13.2 Å². The number of nitrogens with two attached hydrogens (primary N) is 1. The lowest BCUT2D eigenvalue weighted by Crippen LogP contribution is -2.38. The Morgan fingerprint density at radius 1 is 1.40 bits per heavy atom. The van der Waals surface area contributed by atoms with Crippen molar-refractivity contribution in [2.24, 2.45) is 17.7 Å². The van der Waals surface area contributed by atoms with Crippen molar-refractivity contribution in [1.29, 1.82) is 0 Å². The number of imidazole rings is 1. The van der Waals surface area contributed by atoms with Gasteiger partial charge in [0.15, 0.2) is 0 Å². The highest BCUT2D eigenvalue weighted by atomic mass is 19.4. The molecule has 20 heavy (non-hydrogen) atoms. The molecule has 1 heterocycles. The summed E-state index contributed by atoms with van der Waals surface area (Å²) < 4.78 is 40.0. The second-order valence-corrected chi connectivity index (χ2v) is 5.37. The van der Waals surface area contributed by atoms with Gasteiger partial charge in [-0.3, -0.25) is 5.84 Å². The molecular formula is C13H21F3N4. The molecule has 2 rings (SSSR count). The molecule has 0 spiro atoms. The normalized spacial score (nSPS) is 25.6. The average Bonchev–Trinajstić information content (AvgIpc) is 2.87. The number of rotatable bonds is 4. The summed E-state index contributed by atoms with van der Waals surface area (Å²) in [6.45, 7) is 2.77. The molecule has 1 atom stereocenters. The van der Waals surface area contributed by atoms with E-state index >= 15 is 0 Å². The van der Waals surface area contributed by atoms with E-state index in [1.165, 1.54) is 0 Å². The van der Waals surface area contributed by atoms with Crippen LogP contribution in [0.25, 0.3) is 0 Å². The Bertz CT molecular complexity index is 421. The average molecular weight is 290 g/mol. The summed E-state index contributed by atoms with van der Waals surface area (Å²) in [4.78, 5) is 4.30. The van der Waals surface area contributed by atoms with Crippen molar-refractivity contribution in [3.63, 3.8) is 0 Å². The fourth-order valence-corrected chi connectivity index (χ4v) is 3.07. The van der Waals surface area contributed by atoms with Crippen molar-refractivity contribution >= 4 is 0 Å². The first-order valence-electron chi connectivity index (χ1n) is 7.01. The summed E-state index contributed by atoms with van der Waals surface area (Å²) in [6.07, 6.45) is 0.896. The zero-order valence-corrected chi connectivity index (χ0v) is 11.5. The van der Waals surface area contributed by atoms with Crippen molar-refractivity contribution in [2.75, 3.05) is 0 Å². The molecule has 4 nitrogen and oxygen atoms in total. The SMILES string of the molecule is CCn1ccnc1C(NN)C1CCC(C(F)(F)F)CC1. The first kappa shape index (κ1) is 15.3. The van der Waals surface area contributed by atoms with Crippen LogP contribution in [0.2, 0.25) is 0 Å². The van der Waals surface area contributed by atoms with Gasteiger partial charge in [0.2, 0.25) is 0 Å². The number of aromatic nitrogens is 2. The van der Waals surface area contributed by atoms with Crippen LogP contribution in [0.4, 0.5) is 13.2 Å². The van der Waals surface area contributed by atoms with Gasteiger partial charge in [0.25, 0.3) is 0 Å². The van der Waals surface area contributed by atoms with E-state index in [-0.39, 0.29) is 24.8 Å². The van der Waals surface area contributed by atoms with Gasteiger partial charge in [-0.05, 0) is 38.5 Å². The summed E-state index contributed by atoms with van der Waals surface area (Å²) in [6, 6.07) is -0.181. The van der Waals surface area contributed by atoms with Crippen molar-refractivity contribution < 1.29 is 13.2 Å². The lowest BCUT2D eigenvalue weighted by atomic mass is 9.78. The van der Waals surface area contributed by atoms with Crippen LogP contribution in [0, 0.1) is 11.8 Å². The van der Waals surface area contributed by atoms with Gasteiger partial charge in [-0.1, -0.05) is 0 Å². The van der Waals surface area contributed by atoms with E-state index in [0.29, 0.717) is 12.8 Å². The molecule has 7 heteroatoms. The third kappa shape index (κ3) is 3.15. The van der Waals surface area contributed by atoms with Crippen LogP contribution in [0.1, 0.15) is 44.5 Å². The molecule has 0 amide bonds. The highest BCUT2D eigenvalue weighted by Gasteiger charge is 2.42. The van der Waals surface area contributed by atoms with Crippen LogP contribution >= 0.6 is 0 Å². The van der Waals surface area contributed by atoms with E-state index < -0.39 is 12.1 Å². The molecule has 1 saturated carbocycles. The Balaban J connectivity index is 2.04. The number of nitrogens with zero attached hydrogens (tertiary/aromatic N) is 2. The van der Waals surface area contributed by atoms with Crippen molar-refractivity contribution in [2.45, 2.75) is 51.4 Å². The van der Waals surface area contributed by atoms with Gasteiger partial charge >= 0.3 is 6.18 Å². The summed E-state index contributed by atoms with van der Waals surface area (Å²) in [5.41, 5.74) is 2.74. The lowest BCUT2D eigenvalue weighted by Gasteiger charge is -2.34. The van der Waals surface area contributed by atoms with Gasteiger partial charge in [-0.15, -0.1) is 0 Å². The van der Waals surface area contributed by atoms with Crippen LogP contribution in [-0.2, 0) is 6.54 Å². The minimum absolute atomic E-state index is 0.103. The summed E-state index contributed by atoms with van der Waals surface area (Å²) >= 11 is 0. The molecule has 1 aliphatic carbocycles. The number of nitrogens with one attached hydrogen (secondary N) is 1. The Morgan fingerprint density at radius 3 is 2.55 bits per heavy atom. The molecule has 1 aliphatic rings. The second-order valence-electron chi connectivity index (χ2n) is 5.37. The molecule has 3 N–H and O–H groups in total. The Kier molecular flexibility index (Phi) is 4.70. The molecule has 1 unspecified atom stereocenters. The third-order valence-electron chi connectivity index (χ3n) is 4.25. The summed E-state index contributed by atoms with van der Waals surface area (Å²) in [5.74, 6) is 5.36. The topological polar surface area (TPSA) is 55.9 Å². The van der Waals surface area contributed by atoms with Gasteiger partial charge < -0.3 is 4.57 Å². The summed E-state index contributed by atoms with van der Waals surface area (Å²) in [5, 5.41) is 0. The number of hydrogen-bond acceptors (Lipinski definition) is 3. The number of aryl methyl sites for hydroxylation is 1. The molecule has 0 aliphatic heterocycles. The van der Waals surface area contributed by atoms with Crippen LogP contribution in [0.3, 0.4) is 0 Å². The third-order valence-corrected chi connectivity index (χ3v) is 4.25. The molecule has 1 aromatic rings. The standard InChI is InChI=1S/C13H21F3N4/c1-2-20-8-7-18-12(20)11(19-17)9-3-5-10(6-4-9)13(14,15)16/h7-11,19H,2-6,17H2,1H3. The van der Waals surface area contributed by atoms with E-state index in [0.717, 1.165) is 12.4 Å². The molecule has 0 saturated heterocycles. The Hall–Kier alpha value is -1.08. The van der Waals surface area contributed by atoms with Crippen molar-refractivity contribution in [3.05, 3.63) is 18.2 Å². The van der Waals surface area contributed by atoms with Gasteiger partial charge in [0, 0.05) is 18.9 Å². The fraction of sp³-hybridized carbons (Fsp3) is 0.769. The van der Waals surface area contributed by atoms with Crippen molar-refractivity contribution in [3.8, 4) is 0 Å². The zero-order chi connectivity index (χ0) is 14.8. The number of halogens is 3. The predicted molar refractivity (Wildman–Crippen MR) is 69.5 cm³/mol.